The first kappa shape index (κ1) is 15.5. The van der Waals surface area contributed by atoms with Crippen molar-refractivity contribution in [3.05, 3.63) is 35.6 Å². The fourth-order valence-electron chi connectivity index (χ4n) is 2.96. The summed E-state index contributed by atoms with van der Waals surface area (Å²) in [6.07, 6.45) is 0. The molecule has 1 aliphatic carbocycles. The number of carbonyl (C=O) groups is 2. The Hall–Kier alpha value is -1.91. The number of rotatable bonds is 5. The number of carboxylic acids is 1. The molecular weight excluding hydrogens is 273 g/mol. The minimum absolute atomic E-state index is 0.167. The quantitative estimate of drug-likeness (QED) is 0.907. The zero-order valence-electron chi connectivity index (χ0n) is 12.5. The van der Waals surface area contributed by atoms with E-state index in [1.165, 1.54) is 12.1 Å². The predicted molar refractivity (Wildman–Crippen MR) is 75.9 cm³/mol. The average Bonchev–Trinajstić information content (AvgIpc) is 2.98. The second-order valence-electron chi connectivity index (χ2n) is 6.10. The van der Waals surface area contributed by atoms with Gasteiger partial charge >= 0.3 is 5.97 Å². The van der Waals surface area contributed by atoms with Crippen molar-refractivity contribution >= 4 is 11.9 Å². The summed E-state index contributed by atoms with van der Waals surface area (Å²) in [6.45, 7) is 6.19. The van der Waals surface area contributed by atoms with Crippen LogP contribution in [0.4, 0.5) is 4.39 Å². The fourth-order valence-corrected chi connectivity index (χ4v) is 2.96. The van der Waals surface area contributed by atoms with Gasteiger partial charge in [0, 0.05) is 13.1 Å². The molecule has 1 aromatic carbocycles. The molecule has 0 radical (unpaired) electrons. The lowest BCUT2D eigenvalue weighted by molar-refractivity contribution is -0.142. The highest BCUT2D eigenvalue weighted by atomic mass is 19.1. The van der Waals surface area contributed by atoms with Gasteiger partial charge < -0.3 is 10.0 Å². The van der Waals surface area contributed by atoms with E-state index >= 15 is 0 Å². The van der Waals surface area contributed by atoms with Crippen LogP contribution in [-0.4, -0.2) is 28.4 Å². The number of hydrogen-bond acceptors (Lipinski definition) is 2. The smallest absolute Gasteiger partial charge is 0.307 e. The van der Waals surface area contributed by atoms with Crippen LogP contribution in [0.1, 0.15) is 26.3 Å². The van der Waals surface area contributed by atoms with Crippen LogP contribution >= 0.6 is 0 Å². The molecule has 2 atom stereocenters. The maximum atomic E-state index is 13.2. The zero-order valence-corrected chi connectivity index (χ0v) is 12.5. The normalized spacial score (nSPS) is 22.7. The van der Waals surface area contributed by atoms with Gasteiger partial charge in [-0.15, -0.1) is 0 Å². The monoisotopic (exact) mass is 293 g/mol. The van der Waals surface area contributed by atoms with Gasteiger partial charge in [-0.2, -0.15) is 0 Å². The Balaban J connectivity index is 2.12. The van der Waals surface area contributed by atoms with Crippen molar-refractivity contribution in [3.8, 4) is 0 Å². The zero-order chi connectivity index (χ0) is 15.8. The Bertz CT molecular complexity index is 570. The number of carbonyl (C=O) groups excluding carboxylic acids is 1. The molecule has 0 saturated heterocycles. The van der Waals surface area contributed by atoms with Crippen molar-refractivity contribution in [2.24, 2.45) is 17.3 Å². The lowest BCUT2D eigenvalue weighted by Crippen LogP contribution is -2.33. The number of amides is 1. The Labute approximate surface area is 123 Å². The van der Waals surface area contributed by atoms with Gasteiger partial charge in [0.25, 0.3) is 0 Å². The van der Waals surface area contributed by atoms with Crippen LogP contribution in [0.15, 0.2) is 24.3 Å². The molecule has 21 heavy (non-hydrogen) atoms. The lowest BCUT2D eigenvalue weighted by atomic mass is 10.1. The van der Waals surface area contributed by atoms with Gasteiger partial charge in [-0.3, -0.25) is 9.59 Å². The van der Waals surface area contributed by atoms with E-state index in [9.17, 15) is 14.0 Å². The molecule has 4 nitrogen and oxygen atoms in total. The van der Waals surface area contributed by atoms with Gasteiger partial charge in [0.05, 0.1) is 11.8 Å². The van der Waals surface area contributed by atoms with Crippen molar-refractivity contribution in [2.45, 2.75) is 27.3 Å². The topological polar surface area (TPSA) is 57.6 Å². The van der Waals surface area contributed by atoms with Crippen molar-refractivity contribution in [1.82, 2.24) is 4.90 Å². The molecule has 0 bridgehead atoms. The number of benzene rings is 1. The molecule has 1 fully saturated rings. The maximum Gasteiger partial charge on any atom is 0.307 e. The van der Waals surface area contributed by atoms with Crippen molar-refractivity contribution < 1.29 is 19.1 Å². The van der Waals surface area contributed by atoms with Crippen molar-refractivity contribution in [2.75, 3.05) is 6.54 Å². The molecule has 1 amide bonds. The minimum Gasteiger partial charge on any atom is -0.481 e. The van der Waals surface area contributed by atoms with Crippen LogP contribution in [0, 0.1) is 23.1 Å². The molecule has 2 rings (SSSR count). The maximum absolute atomic E-state index is 13.2. The van der Waals surface area contributed by atoms with Crippen LogP contribution in [-0.2, 0) is 16.1 Å². The fraction of sp³-hybridized carbons (Fsp3) is 0.500. The average molecular weight is 293 g/mol. The van der Waals surface area contributed by atoms with Crippen molar-refractivity contribution in [1.29, 1.82) is 0 Å². The van der Waals surface area contributed by atoms with Gasteiger partial charge in [0.2, 0.25) is 5.91 Å². The largest absolute Gasteiger partial charge is 0.481 e. The highest BCUT2D eigenvalue weighted by molar-refractivity contribution is 5.91. The van der Waals surface area contributed by atoms with Crippen LogP contribution in [0.3, 0.4) is 0 Å². The number of hydrogen-bond donors (Lipinski definition) is 1. The Morgan fingerprint density at radius 2 is 2.00 bits per heavy atom. The first-order chi connectivity index (χ1) is 9.78. The number of nitrogens with zero attached hydrogens (tertiary/aromatic N) is 1. The van der Waals surface area contributed by atoms with E-state index in [1.54, 1.807) is 30.9 Å². The van der Waals surface area contributed by atoms with Gasteiger partial charge in [0.15, 0.2) is 0 Å². The summed E-state index contributed by atoms with van der Waals surface area (Å²) >= 11 is 0. The van der Waals surface area contributed by atoms with E-state index in [1.807, 2.05) is 6.92 Å². The Morgan fingerprint density at radius 3 is 2.48 bits per heavy atom. The highest BCUT2D eigenvalue weighted by Gasteiger charge is 2.66. The van der Waals surface area contributed by atoms with Crippen LogP contribution in [0.2, 0.25) is 0 Å². The molecule has 0 spiro atoms. The number of aliphatic carboxylic acids is 1. The summed E-state index contributed by atoms with van der Waals surface area (Å²) in [5, 5.41) is 9.17. The second kappa shape index (κ2) is 5.47. The number of carboxylic acid groups (broad SMARTS) is 1. The van der Waals surface area contributed by atoms with E-state index in [0.717, 1.165) is 0 Å². The molecule has 1 aliphatic rings. The third-order valence-electron chi connectivity index (χ3n) is 4.32. The van der Waals surface area contributed by atoms with Crippen LogP contribution < -0.4 is 0 Å². The van der Waals surface area contributed by atoms with Crippen molar-refractivity contribution in [3.63, 3.8) is 0 Å². The second-order valence-corrected chi connectivity index (χ2v) is 6.10. The van der Waals surface area contributed by atoms with E-state index in [0.29, 0.717) is 18.7 Å². The Kier molecular flexibility index (Phi) is 4.03. The summed E-state index contributed by atoms with van der Waals surface area (Å²) in [4.78, 5) is 25.3. The molecule has 1 N–H and O–H groups in total. The van der Waals surface area contributed by atoms with Gasteiger partial charge in [-0.05, 0) is 30.0 Å². The molecule has 1 saturated carbocycles. The molecule has 1 aromatic rings. The molecule has 0 heterocycles. The van der Waals surface area contributed by atoms with Gasteiger partial charge in [-0.25, -0.2) is 4.39 Å². The summed E-state index contributed by atoms with van der Waals surface area (Å²) in [5.74, 6) is -2.57. The molecule has 5 heteroatoms. The van der Waals surface area contributed by atoms with Crippen LogP contribution in [0.5, 0.6) is 0 Å². The molecule has 0 aliphatic heterocycles. The first-order valence-corrected chi connectivity index (χ1v) is 7.05. The van der Waals surface area contributed by atoms with E-state index in [2.05, 4.69) is 0 Å². The Morgan fingerprint density at radius 1 is 1.33 bits per heavy atom. The third kappa shape index (κ3) is 2.91. The molecular formula is C16H20FNO3. The first-order valence-electron chi connectivity index (χ1n) is 7.05. The third-order valence-corrected chi connectivity index (χ3v) is 4.32. The van der Waals surface area contributed by atoms with E-state index in [4.69, 9.17) is 5.11 Å². The number of halogens is 1. The molecule has 0 aromatic heterocycles. The standard InChI is InChI=1S/C16H20FNO3/c1-4-18(9-10-6-5-7-11(17)8-10)14(19)12-13(15(20)21)16(12,2)3/h5-8,12-13H,4,9H2,1-3H3,(H,20,21). The molecule has 114 valence electrons. The van der Waals surface area contributed by atoms with Crippen LogP contribution in [0.25, 0.3) is 0 Å². The minimum atomic E-state index is -0.930. The molecule has 2 unspecified atom stereocenters. The predicted octanol–water partition coefficient (Wildman–Crippen LogP) is 2.53. The van der Waals surface area contributed by atoms with Gasteiger partial charge in [0.1, 0.15) is 5.82 Å². The summed E-state index contributed by atoms with van der Waals surface area (Å²) in [7, 11) is 0. The summed E-state index contributed by atoms with van der Waals surface area (Å²) in [5.41, 5.74) is 0.189. The van der Waals surface area contributed by atoms with E-state index in [-0.39, 0.29) is 11.7 Å². The summed E-state index contributed by atoms with van der Waals surface area (Å²) in [6, 6.07) is 6.10. The van der Waals surface area contributed by atoms with Gasteiger partial charge in [-0.1, -0.05) is 26.0 Å². The lowest BCUT2D eigenvalue weighted by Gasteiger charge is -2.22. The summed E-state index contributed by atoms with van der Waals surface area (Å²) < 4.78 is 13.2. The highest BCUT2D eigenvalue weighted by Crippen LogP contribution is 2.59. The SMILES string of the molecule is CCN(Cc1cccc(F)c1)C(=O)C1C(C(=O)O)C1(C)C. The van der Waals surface area contributed by atoms with E-state index < -0.39 is 23.2 Å².